The van der Waals surface area contributed by atoms with Crippen molar-refractivity contribution in [3.8, 4) is 0 Å². The maximum Gasteiger partial charge on any atom is 0.413 e. The van der Waals surface area contributed by atoms with Gasteiger partial charge < -0.3 is 9.88 Å². The quantitative estimate of drug-likeness (QED) is 0.789. The summed E-state index contributed by atoms with van der Waals surface area (Å²) in [5, 5.41) is 1.24. The Morgan fingerprint density at radius 1 is 1.50 bits per heavy atom. The number of hydrogen-bond acceptors (Lipinski definition) is 4. The number of halogens is 6. The number of nitrogens with zero attached hydrogens (tertiary/aromatic N) is 1. The minimum atomic E-state index is -4.53. The molecule has 2 heterocycles. The van der Waals surface area contributed by atoms with Crippen LogP contribution in [0.3, 0.4) is 0 Å². The lowest BCUT2D eigenvalue weighted by molar-refractivity contribution is -0.132. The maximum absolute atomic E-state index is 13.4. The van der Waals surface area contributed by atoms with Crippen molar-refractivity contribution in [1.82, 2.24) is 9.88 Å². The first-order chi connectivity index (χ1) is 11.1. The number of anilines is 1. The van der Waals surface area contributed by atoms with Crippen LogP contribution in [0.15, 0.2) is 17.1 Å². The average Bonchev–Trinajstić information content (AvgIpc) is 2.93. The molecule has 1 fully saturated rings. The number of thioether (sulfide) groups is 1. The van der Waals surface area contributed by atoms with Crippen LogP contribution in [0.4, 0.5) is 32.0 Å². The molecule has 0 saturated carbocycles. The van der Waals surface area contributed by atoms with E-state index >= 15 is 0 Å². The Morgan fingerprint density at radius 3 is 2.71 bits per heavy atom. The molecule has 1 aliphatic heterocycles. The predicted octanol–water partition coefficient (Wildman–Crippen LogP) is 2.03. The molecule has 2 N–H and O–H groups in total. The van der Waals surface area contributed by atoms with Crippen molar-refractivity contribution in [2.24, 2.45) is 0 Å². The molecule has 0 spiro atoms. The second-order valence-electron chi connectivity index (χ2n) is 4.87. The molecule has 12 heteroatoms. The van der Waals surface area contributed by atoms with Gasteiger partial charge in [-0.1, -0.05) is 0 Å². The zero-order valence-corrected chi connectivity index (χ0v) is 12.6. The molecule has 0 aromatic carbocycles. The molecular formula is C12H13F6N3O2S. The first kappa shape index (κ1) is 18.6. The Kier molecular flexibility index (Phi) is 5.48. The molecule has 2 unspecified atom stereocenters. The third-order valence-corrected chi connectivity index (χ3v) is 4.44. The number of alkyl halides is 5. The largest absolute Gasteiger partial charge is 0.413 e. The smallest absolute Gasteiger partial charge is 0.324 e. The summed E-state index contributed by atoms with van der Waals surface area (Å²) in [6, 6.07) is 0.622. The minimum absolute atomic E-state index is 0. The highest BCUT2D eigenvalue weighted by Crippen LogP contribution is 2.35. The molecule has 5 nitrogen and oxygen atoms in total. The summed E-state index contributed by atoms with van der Waals surface area (Å²) in [6.45, 7) is -1.34. The number of aromatic nitrogens is 1. The van der Waals surface area contributed by atoms with E-state index < -0.39 is 47.1 Å². The van der Waals surface area contributed by atoms with Crippen LogP contribution in [0.1, 0.15) is 1.43 Å². The topological polar surface area (TPSA) is 63.1 Å². The summed E-state index contributed by atoms with van der Waals surface area (Å²) in [6.07, 6.45) is -6.64. The van der Waals surface area contributed by atoms with Crippen LogP contribution in [0.25, 0.3) is 0 Å². The van der Waals surface area contributed by atoms with Gasteiger partial charge in [0.1, 0.15) is 0 Å². The van der Waals surface area contributed by atoms with Gasteiger partial charge in [0.2, 0.25) is 5.91 Å². The van der Waals surface area contributed by atoms with Crippen molar-refractivity contribution < 1.29 is 32.6 Å². The monoisotopic (exact) mass is 377 g/mol. The second-order valence-corrected chi connectivity index (χ2v) is 6.18. The van der Waals surface area contributed by atoms with Gasteiger partial charge in [-0.05, 0) is 0 Å². The van der Waals surface area contributed by atoms with E-state index in [-0.39, 0.29) is 13.7 Å². The number of hydrogen-bond donors (Lipinski definition) is 2. The third kappa shape index (κ3) is 4.44. The SMILES string of the molecule is O=C(Nc1cc(F)c(=O)n(CC(F)F)c1)C1CNC(C(F)(F)F)S1.[HH]. The van der Waals surface area contributed by atoms with Gasteiger partial charge in [-0.2, -0.15) is 13.2 Å². The highest BCUT2D eigenvalue weighted by Gasteiger charge is 2.46. The number of rotatable bonds is 4. The highest BCUT2D eigenvalue weighted by atomic mass is 32.2. The summed E-state index contributed by atoms with van der Waals surface area (Å²) in [5.74, 6) is -2.22. The normalized spacial score (nSPS) is 21.3. The van der Waals surface area contributed by atoms with Gasteiger partial charge in [0, 0.05) is 20.2 Å². The third-order valence-electron chi connectivity index (χ3n) is 3.02. The Balaban J connectivity index is 0.00000312. The van der Waals surface area contributed by atoms with Gasteiger partial charge in [0.15, 0.2) is 11.2 Å². The standard InChI is InChI=1S/C12H11F6N3O2S.H2/c13-6-1-5(3-21(10(6)23)4-8(14)15)20-9(22)7-2-19-11(24-7)12(16,17)18;/h1,3,7-8,11,19H,2,4H2,(H,20,22);1H. The van der Waals surface area contributed by atoms with E-state index in [1.807, 2.05) is 0 Å². The Hall–Kier alpha value is -1.69. The van der Waals surface area contributed by atoms with Crippen LogP contribution < -0.4 is 16.2 Å². The second kappa shape index (κ2) is 7.05. The molecule has 1 amide bonds. The van der Waals surface area contributed by atoms with E-state index in [4.69, 9.17) is 0 Å². The lowest BCUT2D eigenvalue weighted by atomic mass is 10.3. The summed E-state index contributed by atoms with van der Waals surface area (Å²) in [7, 11) is 0. The van der Waals surface area contributed by atoms with E-state index in [1.54, 1.807) is 0 Å². The van der Waals surface area contributed by atoms with E-state index in [2.05, 4.69) is 10.6 Å². The van der Waals surface area contributed by atoms with Gasteiger partial charge in [0.05, 0.1) is 17.5 Å². The first-order valence-corrected chi connectivity index (χ1v) is 7.46. The molecule has 2 atom stereocenters. The minimum Gasteiger partial charge on any atom is -0.324 e. The van der Waals surface area contributed by atoms with Gasteiger partial charge in [-0.25, -0.2) is 13.2 Å². The zero-order valence-electron chi connectivity index (χ0n) is 11.7. The fraction of sp³-hybridized carbons (Fsp3) is 0.500. The Labute approximate surface area is 136 Å². The first-order valence-electron chi connectivity index (χ1n) is 6.52. The van der Waals surface area contributed by atoms with E-state index in [0.717, 1.165) is 6.20 Å². The molecule has 136 valence electrons. The van der Waals surface area contributed by atoms with Crippen LogP contribution in [0.2, 0.25) is 0 Å². The average molecular weight is 377 g/mol. The molecular weight excluding hydrogens is 364 g/mol. The van der Waals surface area contributed by atoms with E-state index in [1.165, 1.54) is 0 Å². The van der Waals surface area contributed by atoms with Crippen molar-refractivity contribution in [1.29, 1.82) is 0 Å². The molecule has 1 aromatic rings. The summed E-state index contributed by atoms with van der Waals surface area (Å²) < 4.78 is 76.1. The predicted molar refractivity (Wildman–Crippen MR) is 76.6 cm³/mol. The van der Waals surface area contributed by atoms with Gasteiger partial charge >= 0.3 is 6.18 Å². The molecule has 1 aromatic heterocycles. The van der Waals surface area contributed by atoms with Crippen molar-refractivity contribution in [3.63, 3.8) is 0 Å². The fourth-order valence-electron chi connectivity index (χ4n) is 2.00. The molecule has 1 saturated heterocycles. The van der Waals surface area contributed by atoms with E-state index in [0.29, 0.717) is 22.4 Å². The van der Waals surface area contributed by atoms with Crippen molar-refractivity contribution in [3.05, 3.63) is 28.4 Å². The molecule has 0 aliphatic carbocycles. The van der Waals surface area contributed by atoms with Crippen LogP contribution in [0, 0.1) is 5.82 Å². The van der Waals surface area contributed by atoms with Crippen LogP contribution in [0.5, 0.6) is 0 Å². The van der Waals surface area contributed by atoms with Crippen molar-refractivity contribution >= 4 is 23.4 Å². The molecule has 0 radical (unpaired) electrons. The molecule has 1 aliphatic rings. The highest BCUT2D eigenvalue weighted by molar-refractivity contribution is 8.01. The van der Waals surface area contributed by atoms with Crippen molar-refractivity contribution in [2.45, 2.75) is 29.8 Å². The Morgan fingerprint density at radius 2 is 2.17 bits per heavy atom. The lowest BCUT2D eigenvalue weighted by Crippen LogP contribution is -2.35. The zero-order chi connectivity index (χ0) is 18.1. The molecule has 2 rings (SSSR count). The van der Waals surface area contributed by atoms with Crippen LogP contribution in [-0.2, 0) is 11.3 Å². The number of pyridine rings is 1. The summed E-state index contributed by atoms with van der Waals surface area (Å²) >= 11 is 0.337. The maximum atomic E-state index is 13.4. The molecule has 24 heavy (non-hydrogen) atoms. The fourth-order valence-corrected chi connectivity index (χ4v) is 3.05. The lowest BCUT2D eigenvalue weighted by Gasteiger charge is -2.14. The van der Waals surface area contributed by atoms with Crippen molar-refractivity contribution in [2.75, 3.05) is 11.9 Å². The number of nitrogens with one attached hydrogen (secondary N) is 2. The summed E-state index contributed by atoms with van der Waals surface area (Å²) in [5.41, 5.74) is -1.59. The Bertz CT molecular complexity index is 684. The van der Waals surface area contributed by atoms with Crippen LogP contribution in [-0.4, -0.2) is 40.2 Å². The molecule has 0 bridgehead atoms. The van der Waals surface area contributed by atoms with Gasteiger partial charge in [-0.3, -0.25) is 14.9 Å². The number of amides is 1. The summed E-state index contributed by atoms with van der Waals surface area (Å²) in [4.78, 5) is 23.3. The number of carbonyl (C=O) groups excluding carboxylic acids is 1. The number of carbonyl (C=O) groups is 1. The van der Waals surface area contributed by atoms with Gasteiger partial charge in [-0.15, -0.1) is 11.8 Å². The van der Waals surface area contributed by atoms with Gasteiger partial charge in [0.25, 0.3) is 12.0 Å². The van der Waals surface area contributed by atoms with Crippen LogP contribution >= 0.6 is 11.8 Å². The van der Waals surface area contributed by atoms with E-state index in [9.17, 15) is 35.9 Å².